The van der Waals surface area contributed by atoms with Gasteiger partial charge in [-0.25, -0.2) is 14.2 Å². The number of thiazole rings is 1. The van der Waals surface area contributed by atoms with Gasteiger partial charge in [0.05, 0.1) is 10.6 Å². The lowest BCUT2D eigenvalue weighted by atomic mass is 9.88. The van der Waals surface area contributed by atoms with E-state index in [2.05, 4.69) is 25.4 Å². The second-order valence-electron chi connectivity index (χ2n) is 11.0. The van der Waals surface area contributed by atoms with Gasteiger partial charge in [-0.15, -0.1) is 0 Å². The summed E-state index contributed by atoms with van der Waals surface area (Å²) in [5, 5.41) is 6.41. The molecule has 2 fully saturated rings. The Kier molecular flexibility index (Phi) is 10.6. The van der Waals surface area contributed by atoms with E-state index in [9.17, 15) is 18.8 Å². The van der Waals surface area contributed by atoms with Crippen LogP contribution in [0.25, 0.3) is 0 Å². The topological polar surface area (TPSA) is 104 Å². The van der Waals surface area contributed by atoms with E-state index in [-0.39, 0.29) is 35.6 Å². The third kappa shape index (κ3) is 8.81. The summed E-state index contributed by atoms with van der Waals surface area (Å²) in [5.74, 6) is 0.129. The van der Waals surface area contributed by atoms with E-state index in [1.165, 1.54) is 37.3 Å². The maximum Gasteiger partial charge on any atom is 0.321 e. The third-order valence-electron chi connectivity index (χ3n) is 7.72. The molecule has 4 rings (SSSR count). The van der Waals surface area contributed by atoms with E-state index in [4.69, 9.17) is 4.74 Å². The molecule has 1 aromatic carbocycles. The number of esters is 1. The van der Waals surface area contributed by atoms with Crippen molar-refractivity contribution in [2.75, 3.05) is 51.2 Å². The molecule has 40 heavy (non-hydrogen) atoms. The molecule has 3 atom stereocenters. The lowest BCUT2D eigenvalue weighted by molar-refractivity contribution is -0.141. The van der Waals surface area contributed by atoms with Crippen molar-refractivity contribution in [2.24, 2.45) is 11.8 Å². The molecule has 3 unspecified atom stereocenters. The standard InChI is InChI=1S/C29H40FN5O4S/c1-19-27(20(2)36)40-29(31-19)33-28(38)32-26-10-12-34(13-14-39-21(3)37)17-24(26)18-35-11-4-5-23(16-35)15-22-6-8-25(30)9-7-22/h6-9,23-24,26H,4-5,10-18H2,1-3H3,(H2,31,32,33,38). The van der Waals surface area contributed by atoms with Crippen LogP contribution in [-0.4, -0.2) is 84.5 Å². The number of ketones is 1. The molecule has 2 saturated heterocycles. The molecule has 0 bridgehead atoms. The number of carbonyl (C=O) groups is 3. The number of hydrogen-bond donors (Lipinski definition) is 2. The molecule has 0 radical (unpaired) electrons. The maximum absolute atomic E-state index is 13.3. The number of urea groups is 1. The number of hydrogen-bond acceptors (Lipinski definition) is 8. The van der Waals surface area contributed by atoms with Gasteiger partial charge in [0.2, 0.25) is 0 Å². The third-order valence-corrected chi connectivity index (χ3v) is 8.89. The van der Waals surface area contributed by atoms with Gasteiger partial charge in [0.25, 0.3) is 0 Å². The molecular weight excluding hydrogens is 533 g/mol. The number of amides is 2. The normalized spacial score (nSPS) is 22.1. The second kappa shape index (κ2) is 14.1. The van der Waals surface area contributed by atoms with Crippen LogP contribution >= 0.6 is 11.3 Å². The molecule has 1 aromatic heterocycles. The number of nitrogens with one attached hydrogen (secondary N) is 2. The zero-order valence-corrected chi connectivity index (χ0v) is 24.4. The Labute approximate surface area is 239 Å². The van der Waals surface area contributed by atoms with Crippen LogP contribution in [0.2, 0.25) is 0 Å². The highest BCUT2D eigenvalue weighted by Crippen LogP contribution is 2.26. The predicted octanol–water partition coefficient (Wildman–Crippen LogP) is 4.12. The van der Waals surface area contributed by atoms with E-state index in [1.54, 1.807) is 6.92 Å². The molecule has 0 saturated carbocycles. The van der Waals surface area contributed by atoms with Crippen LogP contribution in [0.1, 0.15) is 54.0 Å². The van der Waals surface area contributed by atoms with Crippen molar-refractivity contribution < 1.29 is 23.5 Å². The Hall–Kier alpha value is -2.89. The van der Waals surface area contributed by atoms with Crippen molar-refractivity contribution in [1.82, 2.24) is 20.1 Å². The summed E-state index contributed by atoms with van der Waals surface area (Å²) in [5.41, 5.74) is 1.77. The summed E-state index contributed by atoms with van der Waals surface area (Å²) in [7, 11) is 0. The number of nitrogens with zero attached hydrogens (tertiary/aromatic N) is 3. The van der Waals surface area contributed by atoms with Crippen molar-refractivity contribution in [3.63, 3.8) is 0 Å². The molecular formula is C29H40FN5O4S. The monoisotopic (exact) mass is 573 g/mol. The molecule has 9 nitrogen and oxygen atoms in total. The van der Waals surface area contributed by atoms with Gasteiger partial charge >= 0.3 is 12.0 Å². The average molecular weight is 574 g/mol. The molecule has 2 aliphatic heterocycles. The molecule has 0 spiro atoms. The number of piperidine rings is 2. The minimum absolute atomic E-state index is 0.0317. The number of likely N-dealkylation sites (tertiary alicyclic amines) is 2. The van der Waals surface area contributed by atoms with E-state index < -0.39 is 0 Å². The van der Waals surface area contributed by atoms with Crippen molar-refractivity contribution >= 4 is 34.3 Å². The predicted molar refractivity (Wildman–Crippen MR) is 153 cm³/mol. The van der Waals surface area contributed by atoms with E-state index in [1.807, 2.05) is 12.1 Å². The SMILES string of the molecule is CC(=O)OCCN1CCC(NC(=O)Nc2nc(C)c(C(C)=O)s2)C(CN2CCCC(Cc3ccc(F)cc3)C2)C1. The molecule has 0 aliphatic carbocycles. The van der Waals surface area contributed by atoms with E-state index >= 15 is 0 Å². The zero-order valence-electron chi connectivity index (χ0n) is 23.6. The fourth-order valence-corrected chi connectivity index (χ4v) is 6.71. The second-order valence-corrected chi connectivity index (χ2v) is 12.0. The van der Waals surface area contributed by atoms with Crippen LogP contribution in [-0.2, 0) is 16.0 Å². The van der Waals surface area contributed by atoms with Crippen LogP contribution in [0.15, 0.2) is 24.3 Å². The Morgan fingerprint density at radius 3 is 2.58 bits per heavy atom. The first-order valence-electron chi connectivity index (χ1n) is 14.0. The Morgan fingerprint density at radius 1 is 1.10 bits per heavy atom. The van der Waals surface area contributed by atoms with Gasteiger partial charge in [0.15, 0.2) is 10.9 Å². The van der Waals surface area contributed by atoms with Gasteiger partial charge in [0.1, 0.15) is 12.4 Å². The fourth-order valence-electron chi connectivity index (χ4n) is 5.85. The fraction of sp³-hybridized carbons (Fsp3) is 0.586. The average Bonchev–Trinajstić information content (AvgIpc) is 3.27. The van der Waals surface area contributed by atoms with Crippen molar-refractivity contribution in [3.8, 4) is 0 Å². The Morgan fingerprint density at radius 2 is 1.88 bits per heavy atom. The summed E-state index contributed by atoms with van der Waals surface area (Å²) >= 11 is 1.19. The smallest absolute Gasteiger partial charge is 0.321 e. The lowest BCUT2D eigenvalue weighted by Gasteiger charge is -2.42. The number of aryl methyl sites for hydroxylation is 1. The lowest BCUT2D eigenvalue weighted by Crippen LogP contribution is -2.56. The van der Waals surface area contributed by atoms with Gasteiger partial charge < -0.3 is 15.0 Å². The first kappa shape index (κ1) is 30.1. The van der Waals surface area contributed by atoms with Crippen LogP contribution in [0.3, 0.4) is 0 Å². The van der Waals surface area contributed by atoms with Crippen molar-refractivity contribution in [1.29, 1.82) is 0 Å². The Balaban J connectivity index is 1.38. The van der Waals surface area contributed by atoms with E-state index in [0.717, 1.165) is 64.0 Å². The minimum atomic E-state index is -0.319. The van der Waals surface area contributed by atoms with Crippen LogP contribution in [0, 0.1) is 24.6 Å². The highest BCUT2D eigenvalue weighted by atomic mass is 32.1. The van der Waals surface area contributed by atoms with Crippen LogP contribution < -0.4 is 10.6 Å². The number of aromatic nitrogens is 1. The number of anilines is 1. The quantitative estimate of drug-likeness (QED) is 0.326. The van der Waals surface area contributed by atoms with E-state index in [0.29, 0.717) is 34.8 Å². The minimum Gasteiger partial charge on any atom is -0.465 e. The van der Waals surface area contributed by atoms with Crippen molar-refractivity contribution in [2.45, 2.75) is 52.5 Å². The van der Waals surface area contributed by atoms with Gasteiger partial charge in [-0.1, -0.05) is 23.5 Å². The summed E-state index contributed by atoms with van der Waals surface area (Å²) in [6.07, 6.45) is 3.96. The summed E-state index contributed by atoms with van der Waals surface area (Å²) in [6.45, 7) is 10.1. The van der Waals surface area contributed by atoms with Gasteiger partial charge in [-0.05, 0) is 62.8 Å². The molecule has 218 valence electrons. The number of Topliss-reactive ketones (excluding diaryl/α,β-unsaturated/α-hetero) is 1. The molecule has 3 heterocycles. The number of carbonyl (C=O) groups excluding carboxylic acids is 3. The van der Waals surface area contributed by atoms with Gasteiger partial charge in [0, 0.05) is 58.5 Å². The summed E-state index contributed by atoms with van der Waals surface area (Å²) < 4.78 is 18.5. The molecule has 2 aliphatic rings. The first-order valence-corrected chi connectivity index (χ1v) is 14.9. The highest BCUT2D eigenvalue weighted by molar-refractivity contribution is 7.17. The number of ether oxygens (including phenoxy) is 1. The summed E-state index contributed by atoms with van der Waals surface area (Å²) in [6, 6.07) is 6.45. The first-order chi connectivity index (χ1) is 19.2. The molecule has 11 heteroatoms. The maximum atomic E-state index is 13.3. The molecule has 2 amide bonds. The van der Waals surface area contributed by atoms with Crippen LogP contribution in [0.5, 0.6) is 0 Å². The Bertz CT molecular complexity index is 1170. The van der Waals surface area contributed by atoms with Crippen LogP contribution in [0.4, 0.5) is 14.3 Å². The van der Waals surface area contributed by atoms with Gasteiger partial charge in [-0.2, -0.15) is 0 Å². The molecule has 2 N–H and O–H groups in total. The zero-order chi connectivity index (χ0) is 28.6. The van der Waals surface area contributed by atoms with Gasteiger partial charge in [-0.3, -0.25) is 19.8 Å². The number of halogens is 1. The van der Waals surface area contributed by atoms with Crippen molar-refractivity contribution in [3.05, 3.63) is 46.2 Å². The highest BCUT2D eigenvalue weighted by Gasteiger charge is 2.33. The molecule has 2 aromatic rings. The number of rotatable bonds is 10. The number of benzene rings is 1. The largest absolute Gasteiger partial charge is 0.465 e. The summed E-state index contributed by atoms with van der Waals surface area (Å²) in [4.78, 5) is 45.7.